The molecule has 1 aromatic rings. The number of halogens is 1. The van der Waals surface area contributed by atoms with E-state index in [9.17, 15) is 19.1 Å². The highest BCUT2D eigenvalue weighted by Crippen LogP contribution is 2.39. The van der Waals surface area contributed by atoms with Crippen LogP contribution >= 0.6 is 0 Å². The third-order valence-electron chi connectivity index (χ3n) is 4.44. The van der Waals surface area contributed by atoms with Crippen molar-refractivity contribution >= 4 is 11.8 Å². The zero-order chi connectivity index (χ0) is 15.8. The summed E-state index contributed by atoms with van der Waals surface area (Å²) >= 11 is 0. The fraction of sp³-hybridized carbons (Fsp3) is 0.500. The fourth-order valence-corrected chi connectivity index (χ4v) is 2.51. The van der Waals surface area contributed by atoms with E-state index < -0.39 is 17.3 Å². The van der Waals surface area contributed by atoms with Crippen molar-refractivity contribution in [2.24, 2.45) is 11.3 Å². The molecule has 21 heavy (non-hydrogen) atoms. The van der Waals surface area contributed by atoms with Gasteiger partial charge in [-0.05, 0) is 30.5 Å². The van der Waals surface area contributed by atoms with E-state index >= 15 is 0 Å². The second-order valence-electron chi connectivity index (χ2n) is 6.13. The average molecular weight is 293 g/mol. The van der Waals surface area contributed by atoms with Crippen LogP contribution in [0.4, 0.5) is 4.39 Å². The summed E-state index contributed by atoms with van der Waals surface area (Å²) in [6.45, 7) is 5.50. The van der Waals surface area contributed by atoms with Crippen molar-refractivity contribution in [1.29, 1.82) is 0 Å². The molecular formula is C16H20FNO3. The minimum absolute atomic E-state index is 0.0434. The summed E-state index contributed by atoms with van der Waals surface area (Å²) in [5.41, 5.74) is -0.227. The Morgan fingerprint density at radius 1 is 1.29 bits per heavy atom. The molecule has 1 N–H and O–H groups in total. The molecule has 5 heteroatoms. The lowest BCUT2D eigenvalue weighted by molar-refractivity contribution is -0.143. The van der Waals surface area contributed by atoms with Gasteiger partial charge in [0.2, 0.25) is 11.8 Å². The van der Waals surface area contributed by atoms with Crippen LogP contribution < -0.4 is 0 Å². The van der Waals surface area contributed by atoms with Crippen molar-refractivity contribution in [2.75, 3.05) is 6.54 Å². The van der Waals surface area contributed by atoms with E-state index in [4.69, 9.17) is 0 Å². The molecule has 1 fully saturated rings. The first kappa shape index (κ1) is 15.6. The molecule has 0 spiro atoms. The van der Waals surface area contributed by atoms with Crippen molar-refractivity contribution in [2.45, 2.75) is 33.3 Å². The van der Waals surface area contributed by atoms with Crippen molar-refractivity contribution in [3.8, 4) is 0 Å². The van der Waals surface area contributed by atoms with Gasteiger partial charge < -0.3 is 5.11 Å². The molecule has 2 atom stereocenters. The topological polar surface area (TPSA) is 57.6 Å². The van der Waals surface area contributed by atoms with Crippen LogP contribution in [0.1, 0.15) is 38.9 Å². The Bertz CT molecular complexity index is 555. The fourth-order valence-electron chi connectivity index (χ4n) is 2.51. The Morgan fingerprint density at radius 2 is 1.86 bits per heavy atom. The quantitative estimate of drug-likeness (QED) is 0.866. The smallest absolute Gasteiger partial charge is 0.235 e. The number of hydrogen-bond donors (Lipinski definition) is 1. The number of likely N-dealkylation sites (tertiary alicyclic amines) is 1. The van der Waals surface area contributed by atoms with Gasteiger partial charge in [-0.15, -0.1) is 0 Å². The monoisotopic (exact) mass is 293 g/mol. The molecule has 0 saturated carbocycles. The molecule has 1 aliphatic heterocycles. The van der Waals surface area contributed by atoms with Crippen LogP contribution in [0.2, 0.25) is 0 Å². The van der Waals surface area contributed by atoms with Crippen LogP contribution in [0.25, 0.3) is 0 Å². The van der Waals surface area contributed by atoms with Gasteiger partial charge in [-0.2, -0.15) is 0 Å². The number of carbonyl (C=O) groups excluding carboxylic acids is 2. The number of imide groups is 1. The van der Waals surface area contributed by atoms with Gasteiger partial charge >= 0.3 is 0 Å². The number of amides is 2. The van der Waals surface area contributed by atoms with Gasteiger partial charge in [0.05, 0.1) is 18.1 Å². The molecule has 2 rings (SSSR count). The largest absolute Gasteiger partial charge is 0.387 e. The van der Waals surface area contributed by atoms with Gasteiger partial charge in [-0.1, -0.05) is 26.0 Å². The van der Waals surface area contributed by atoms with Gasteiger partial charge in [-0.3, -0.25) is 14.5 Å². The van der Waals surface area contributed by atoms with E-state index in [0.717, 1.165) is 4.90 Å². The number of β-amino-alcohol motifs (C(OH)–C–C–N with tert-alkyl or cyclic N) is 1. The number of benzene rings is 1. The van der Waals surface area contributed by atoms with Gasteiger partial charge in [0.25, 0.3) is 0 Å². The number of carbonyl (C=O) groups is 2. The van der Waals surface area contributed by atoms with Gasteiger partial charge in [0.15, 0.2) is 0 Å². The zero-order valence-corrected chi connectivity index (χ0v) is 12.5. The van der Waals surface area contributed by atoms with E-state index in [2.05, 4.69) is 0 Å². The van der Waals surface area contributed by atoms with Crippen LogP contribution in [0.15, 0.2) is 24.3 Å². The zero-order valence-electron chi connectivity index (χ0n) is 12.5. The molecule has 2 amide bonds. The predicted molar refractivity (Wildman–Crippen MR) is 75.6 cm³/mol. The maximum Gasteiger partial charge on any atom is 0.235 e. The molecule has 1 aromatic carbocycles. The molecule has 114 valence electrons. The Morgan fingerprint density at radius 3 is 2.33 bits per heavy atom. The third-order valence-corrected chi connectivity index (χ3v) is 4.44. The number of aliphatic hydroxyl groups is 1. The first-order valence-electron chi connectivity index (χ1n) is 7.04. The number of aliphatic hydroxyl groups excluding tert-OH is 1. The summed E-state index contributed by atoms with van der Waals surface area (Å²) in [5.74, 6) is -0.866. The van der Waals surface area contributed by atoms with E-state index in [1.54, 1.807) is 6.92 Å². The van der Waals surface area contributed by atoms with E-state index in [-0.39, 0.29) is 30.7 Å². The molecule has 2 unspecified atom stereocenters. The van der Waals surface area contributed by atoms with Gasteiger partial charge in [0.1, 0.15) is 5.82 Å². The first-order valence-corrected chi connectivity index (χ1v) is 7.04. The normalized spacial score (nSPS) is 24.0. The lowest BCUT2D eigenvalue weighted by Crippen LogP contribution is -2.39. The molecule has 0 bridgehead atoms. The van der Waals surface area contributed by atoms with E-state index in [1.165, 1.54) is 24.3 Å². The Labute approximate surface area is 123 Å². The molecule has 4 nitrogen and oxygen atoms in total. The minimum atomic E-state index is -1.01. The number of rotatable bonds is 4. The summed E-state index contributed by atoms with van der Waals surface area (Å²) in [6, 6.07) is 5.38. The van der Waals surface area contributed by atoms with E-state index in [1.807, 2.05) is 13.8 Å². The summed E-state index contributed by atoms with van der Waals surface area (Å²) in [7, 11) is 0. The van der Waals surface area contributed by atoms with E-state index in [0.29, 0.717) is 5.56 Å². The summed E-state index contributed by atoms with van der Waals surface area (Å²) in [6.07, 6.45) is -0.840. The second-order valence-corrected chi connectivity index (χ2v) is 6.13. The number of nitrogens with zero attached hydrogens (tertiary/aromatic N) is 1. The molecular weight excluding hydrogens is 273 g/mol. The standard InChI is InChI=1S/C16H20FNO3/c1-10(2)16(3)8-14(20)18(15(16)21)9-13(19)11-4-6-12(17)7-5-11/h4-7,10,13,19H,8-9H2,1-3H3. The highest BCUT2D eigenvalue weighted by molar-refractivity contribution is 6.05. The van der Waals surface area contributed by atoms with Gasteiger partial charge in [0, 0.05) is 6.42 Å². The van der Waals surface area contributed by atoms with Gasteiger partial charge in [-0.25, -0.2) is 4.39 Å². The molecule has 0 radical (unpaired) electrons. The van der Waals surface area contributed by atoms with Crippen molar-refractivity contribution in [3.63, 3.8) is 0 Å². The Kier molecular flexibility index (Phi) is 4.14. The summed E-state index contributed by atoms with van der Waals surface area (Å²) in [5, 5.41) is 10.1. The second kappa shape index (κ2) is 5.56. The predicted octanol–water partition coefficient (Wildman–Crippen LogP) is 2.28. The van der Waals surface area contributed by atoms with Crippen molar-refractivity contribution < 1.29 is 19.1 Å². The summed E-state index contributed by atoms with van der Waals surface area (Å²) < 4.78 is 12.9. The maximum absolute atomic E-state index is 12.9. The lowest BCUT2D eigenvalue weighted by atomic mass is 9.78. The molecule has 1 aliphatic rings. The third kappa shape index (κ3) is 2.83. The van der Waals surface area contributed by atoms with Crippen LogP contribution in [-0.2, 0) is 9.59 Å². The van der Waals surface area contributed by atoms with Crippen molar-refractivity contribution in [3.05, 3.63) is 35.6 Å². The van der Waals surface area contributed by atoms with Crippen LogP contribution in [0.5, 0.6) is 0 Å². The first-order chi connectivity index (χ1) is 9.75. The average Bonchev–Trinajstić information content (AvgIpc) is 2.64. The highest BCUT2D eigenvalue weighted by atomic mass is 19.1. The number of hydrogen-bond acceptors (Lipinski definition) is 3. The molecule has 0 aliphatic carbocycles. The van der Waals surface area contributed by atoms with Crippen molar-refractivity contribution in [1.82, 2.24) is 4.90 Å². The minimum Gasteiger partial charge on any atom is -0.387 e. The Balaban J connectivity index is 2.14. The van der Waals surface area contributed by atoms with Crippen LogP contribution in [0, 0.1) is 17.2 Å². The maximum atomic E-state index is 12.9. The highest BCUT2D eigenvalue weighted by Gasteiger charge is 2.50. The molecule has 0 aromatic heterocycles. The lowest BCUT2D eigenvalue weighted by Gasteiger charge is -2.26. The molecule has 1 saturated heterocycles. The SMILES string of the molecule is CC(C)C1(C)CC(=O)N(CC(O)c2ccc(F)cc2)C1=O. The Hall–Kier alpha value is -1.75. The van der Waals surface area contributed by atoms with Crippen LogP contribution in [0.3, 0.4) is 0 Å². The molecule has 1 heterocycles. The summed E-state index contributed by atoms with van der Waals surface area (Å²) in [4.78, 5) is 25.6. The van der Waals surface area contributed by atoms with Crippen LogP contribution in [-0.4, -0.2) is 28.4 Å².